The molecular formula is C21H19ClN4O4S. The molecule has 3 heterocycles. The molecule has 0 radical (unpaired) electrons. The second-order valence-electron chi connectivity index (χ2n) is 6.33. The average molecular weight is 459 g/mol. The largest absolute Gasteiger partial charge is 0.493 e. The van der Waals surface area contributed by atoms with E-state index in [0.717, 1.165) is 26.6 Å². The highest BCUT2D eigenvalue weighted by atomic mass is 35.5. The van der Waals surface area contributed by atoms with Crippen LogP contribution in [0.4, 0.5) is 4.79 Å². The molecule has 10 heteroatoms. The lowest BCUT2D eigenvalue weighted by Crippen LogP contribution is -2.32. The van der Waals surface area contributed by atoms with Crippen LogP contribution in [0.3, 0.4) is 0 Å². The number of benzene rings is 1. The number of pyridine rings is 2. The number of halogens is 1. The van der Waals surface area contributed by atoms with Crippen molar-refractivity contribution >= 4 is 40.2 Å². The van der Waals surface area contributed by atoms with Crippen molar-refractivity contribution in [1.82, 2.24) is 19.2 Å². The van der Waals surface area contributed by atoms with Gasteiger partial charge < -0.3 is 14.8 Å². The highest BCUT2D eigenvalue weighted by Crippen LogP contribution is 2.28. The van der Waals surface area contributed by atoms with E-state index in [0.29, 0.717) is 28.3 Å². The molecule has 0 atom stereocenters. The van der Waals surface area contributed by atoms with Crippen LogP contribution in [0.5, 0.6) is 11.5 Å². The lowest BCUT2D eigenvalue weighted by molar-refractivity contribution is 0.243. The highest BCUT2D eigenvalue weighted by Gasteiger charge is 2.14. The molecule has 0 spiro atoms. The molecule has 4 rings (SSSR count). The number of rotatable bonds is 6. The zero-order valence-corrected chi connectivity index (χ0v) is 18.1. The van der Waals surface area contributed by atoms with Gasteiger partial charge in [-0.3, -0.25) is 9.78 Å². The molecule has 0 saturated heterocycles. The minimum absolute atomic E-state index is 0. The summed E-state index contributed by atoms with van der Waals surface area (Å²) in [6.07, 6.45) is 5.00. The quantitative estimate of drug-likeness (QED) is 0.474. The Balaban J connectivity index is 0.00000272. The van der Waals surface area contributed by atoms with E-state index in [-0.39, 0.29) is 24.5 Å². The van der Waals surface area contributed by atoms with E-state index in [1.54, 1.807) is 50.0 Å². The maximum absolute atomic E-state index is 12.5. The van der Waals surface area contributed by atoms with Crippen LogP contribution < -0.4 is 20.3 Å². The first-order valence-electron chi connectivity index (χ1n) is 9.09. The van der Waals surface area contributed by atoms with Crippen molar-refractivity contribution in [3.63, 3.8) is 0 Å². The summed E-state index contributed by atoms with van der Waals surface area (Å²) in [5, 5.41) is 3.17. The number of hydrogen-bond donors (Lipinski definition) is 1. The molecule has 0 aliphatic heterocycles. The Bertz CT molecular complexity index is 1240. The number of fused-ring (bicyclic) bond motifs is 1. The Morgan fingerprint density at radius 2 is 1.90 bits per heavy atom. The maximum atomic E-state index is 12.5. The number of carbonyl (C=O) groups is 1. The van der Waals surface area contributed by atoms with Crippen LogP contribution in [0.1, 0.15) is 11.1 Å². The van der Waals surface area contributed by atoms with Gasteiger partial charge >= 0.3 is 6.03 Å². The third-order valence-corrected chi connectivity index (χ3v) is 5.38. The summed E-state index contributed by atoms with van der Waals surface area (Å²) in [7, 11) is 1.56. The van der Waals surface area contributed by atoms with Gasteiger partial charge in [-0.25, -0.2) is 9.78 Å². The minimum Gasteiger partial charge on any atom is -0.493 e. The second kappa shape index (κ2) is 10.1. The van der Waals surface area contributed by atoms with Gasteiger partial charge in [0.1, 0.15) is 11.4 Å². The fourth-order valence-corrected chi connectivity index (χ4v) is 3.69. The molecule has 31 heavy (non-hydrogen) atoms. The van der Waals surface area contributed by atoms with Crippen molar-refractivity contribution in [2.75, 3.05) is 7.11 Å². The summed E-state index contributed by atoms with van der Waals surface area (Å²) in [6.45, 7) is 0.617. The van der Waals surface area contributed by atoms with E-state index < -0.39 is 6.03 Å². The van der Waals surface area contributed by atoms with Crippen molar-refractivity contribution in [2.24, 2.45) is 0 Å². The number of carbonyl (C=O) groups excluding carboxylic acids is 1. The minimum atomic E-state index is -0.500. The van der Waals surface area contributed by atoms with Crippen LogP contribution in [0.2, 0.25) is 0 Å². The molecule has 160 valence electrons. The van der Waals surface area contributed by atoms with Gasteiger partial charge in [0.25, 0.3) is 5.56 Å². The molecule has 1 amide bonds. The van der Waals surface area contributed by atoms with Crippen molar-refractivity contribution in [3.8, 4) is 11.5 Å². The smallest absolute Gasteiger partial charge is 0.338 e. The molecule has 0 fully saturated rings. The van der Waals surface area contributed by atoms with Gasteiger partial charge in [0.15, 0.2) is 11.5 Å². The zero-order valence-electron chi connectivity index (χ0n) is 16.5. The predicted octanol–water partition coefficient (Wildman–Crippen LogP) is 3.62. The molecule has 0 bridgehead atoms. The molecule has 3 aromatic heterocycles. The zero-order chi connectivity index (χ0) is 20.9. The Morgan fingerprint density at radius 1 is 1.10 bits per heavy atom. The summed E-state index contributed by atoms with van der Waals surface area (Å²) in [5.41, 5.74) is 1.42. The Labute approximate surface area is 188 Å². The number of amides is 1. The lowest BCUT2D eigenvalue weighted by Gasteiger charge is -2.12. The Hall–Kier alpha value is -3.43. The van der Waals surface area contributed by atoms with Crippen molar-refractivity contribution < 1.29 is 14.3 Å². The molecule has 1 aromatic carbocycles. The van der Waals surface area contributed by atoms with Crippen LogP contribution in [-0.4, -0.2) is 27.1 Å². The predicted molar refractivity (Wildman–Crippen MR) is 120 cm³/mol. The molecule has 0 aliphatic rings. The standard InChI is InChI=1S/C21H18N4O4S.ClH/c1-28-18-11-15(4-5-17(18)29-13-14-6-9-22-10-7-14)12-24-21(27)25-20(26)16-3-2-8-23-19(16)30-25;/h2-11H,12-13H2,1H3,(H,24,27);1H. The van der Waals surface area contributed by atoms with E-state index in [9.17, 15) is 9.59 Å². The van der Waals surface area contributed by atoms with E-state index in [4.69, 9.17) is 9.47 Å². The van der Waals surface area contributed by atoms with Gasteiger partial charge in [-0.1, -0.05) is 6.07 Å². The molecule has 0 aliphatic carbocycles. The number of ether oxygens (including phenoxy) is 2. The Morgan fingerprint density at radius 3 is 2.65 bits per heavy atom. The third-order valence-electron chi connectivity index (χ3n) is 4.36. The van der Waals surface area contributed by atoms with Gasteiger partial charge in [-0.05, 0) is 59.1 Å². The highest BCUT2D eigenvalue weighted by molar-refractivity contribution is 7.14. The Kier molecular flexibility index (Phi) is 7.22. The van der Waals surface area contributed by atoms with E-state index in [1.807, 2.05) is 18.2 Å². The van der Waals surface area contributed by atoms with Gasteiger partial charge in [0.2, 0.25) is 0 Å². The van der Waals surface area contributed by atoms with Gasteiger partial charge in [-0.2, -0.15) is 3.96 Å². The SMILES string of the molecule is COc1cc(CNC(=O)n2sc3ncccc3c2=O)ccc1OCc1ccncc1.Cl. The second-order valence-corrected chi connectivity index (χ2v) is 7.27. The van der Waals surface area contributed by atoms with Gasteiger partial charge in [0, 0.05) is 25.1 Å². The number of nitrogens with zero attached hydrogens (tertiary/aromatic N) is 3. The fraction of sp³-hybridized carbons (Fsp3) is 0.143. The molecule has 0 saturated carbocycles. The summed E-state index contributed by atoms with van der Waals surface area (Å²) in [5.74, 6) is 1.15. The van der Waals surface area contributed by atoms with E-state index in [2.05, 4.69) is 15.3 Å². The van der Waals surface area contributed by atoms with Crippen LogP contribution >= 0.6 is 23.9 Å². The van der Waals surface area contributed by atoms with Crippen LogP contribution in [0.25, 0.3) is 10.2 Å². The lowest BCUT2D eigenvalue weighted by atomic mass is 10.2. The average Bonchev–Trinajstić information content (AvgIpc) is 3.13. The first-order valence-corrected chi connectivity index (χ1v) is 9.87. The number of hydrogen-bond acceptors (Lipinski definition) is 7. The first kappa shape index (κ1) is 22.3. The molecule has 4 aromatic rings. The topological polar surface area (TPSA) is 95.3 Å². The summed E-state index contributed by atoms with van der Waals surface area (Å²) in [4.78, 5) is 33.4. The summed E-state index contributed by atoms with van der Waals surface area (Å²) < 4.78 is 12.3. The normalized spacial score (nSPS) is 10.4. The van der Waals surface area contributed by atoms with Gasteiger partial charge in [-0.15, -0.1) is 12.4 Å². The molecule has 1 N–H and O–H groups in total. The number of nitrogens with one attached hydrogen (secondary N) is 1. The molecule has 0 unspecified atom stereocenters. The van der Waals surface area contributed by atoms with Crippen molar-refractivity contribution in [2.45, 2.75) is 13.2 Å². The third kappa shape index (κ3) is 5.01. The summed E-state index contributed by atoms with van der Waals surface area (Å²) >= 11 is 1.01. The van der Waals surface area contributed by atoms with Gasteiger partial charge in [0.05, 0.1) is 12.5 Å². The van der Waals surface area contributed by atoms with Crippen molar-refractivity contribution in [3.05, 3.63) is 82.5 Å². The molecule has 8 nitrogen and oxygen atoms in total. The molecular weight excluding hydrogens is 440 g/mol. The van der Waals surface area contributed by atoms with Crippen LogP contribution in [0.15, 0.2) is 65.8 Å². The van der Waals surface area contributed by atoms with Crippen molar-refractivity contribution in [1.29, 1.82) is 0 Å². The van der Waals surface area contributed by atoms with Crippen LogP contribution in [-0.2, 0) is 13.2 Å². The number of aromatic nitrogens is 3. The summed E-state index contributed by atoms with van der Waals surface area (Å²) in [6, 6.07) is 12.0. The fourth-order valence-electron chi connectivity index (χ4n) is 2.83. The monoisotopic (exact) mass is 458 g/mol. The van der Waals surface area contributed by atoms with Crippen LogP contribution in [0, 0.1) is 0 Å². The van der Waals surface area contributed by atoms with E-state index >= 15 is 0 Å². The number of methoxy groups -OCH3 is 1. The van der Waals surface area contributed by atoms with E-state index in [1.165, 1.54) is 0 Å². The first-order chi connectivity index (χ1) is 14.7. The maximum Gasteiger partial charge on any atom is 0.338 e.